The third-order valence-electron chi connectivity index (χ3n) is 3.93. The smallest absolute Gasteiger partial charge is 0.270 e. The second kappa shape index (κ2) is 5.85. The zero-order valence-electron chi connectivity index (χ0n) is 11.5. The lowest BCUT2D eigenvalue weighted by molar-refractivity contribution is -0.125. The van der Waals surface area contributed by atoms with Crippen molar-refractivity contribution in [2.24, 2.45) is 5.10 Å². The van der Waals surface area contributed by atoms with Crippen molar-refractivity contribution in [3.63, 3.8) is 0 Å². The van der Waals surface area contributed by atoms with Crippen LogP contribution in [0.5, 0.6) is 0 Å². The molecular weight excluding hydrogens is 290 g/mol. The number of hydrazone groups is 1. The lowest BCUT2D eigenvalue weighted by Gasteiger charge is -2.27. The van der Waals surface area contributed by atoms with E-state index in [-0.39, 0.29) is 17.9 Å². The molecule has 2 aliphatic heterocycles. The van der Waals surface area contributed by atoms with Crippen LogP contribution in [-0.2, 0) is 9.59 Å². The Balaban J connectivity index is 1.83. The fourth-order valence-electron chi connectivity index (χ4n) is 2.87. The maximum Gasteiger partial charge on any atom is 0.270 e. The van der Waals surface area contributed by atoms with Crippen LogP contribution in [0, 0.1) is 0 Å². The van der Waals surface area contributed by atoms with Gasteiger partial charge >= 0.3 is 0 Å². The summed E-state index contributed by atoms with van der Waals surface area (Å²) in [6, 6.07) is 7.61. The Morgan fingerprint density at radius 1 is 1.33 bits per heavy atom. The number of likely N-dealkylation sites (tertiary alicyclic amines) is 1. The van der Waals surface area contributed by atoms with Crippen LogP contribution in [-0.4, -0.2) is 29.0 Å². The van der Waals surface area contributed by atoms with E-state index in [1.165, 1.54) is 0 Å². The first-order valence-electron chi connectivity index (χ1n) is 7.07. The highest BCUT2D eigenvalue weighted by molar-refractivity contribution is 6.39. The molecule has 0 spiro atoms. The topological polar surface area (TPSA) is 61.8 Å². The molecule has 0 aromatic heterocycles. The molecule has 1 aromatic carbocycles. The van der Waals surface area contributed by atoms with Gasteiger partial charge in [-0.15, -0.1) is 0 Å². The Bertz CT molecular complexity index is 615. The monoisotopic (exact) mass is 305 g/mol. The van der Waals surface area contributed by atoms with E-state index in [1.54, 1.807) is 0 Å². The van der Waals surface area contributed by atoms with Gasteiger partial charge < -0.3 is 4.90 Å². The molecule has 0 bridgehead atoms. The van der Waals surface area contributed by atoms with Gasteiger partial charge in [-0.2, -0.15) is 5.10 Å². The minimum absolute atomic E-state index is 0.00784. The van der Waals surface area contributed by atoms with Gasteiger partial charge in [0.25, 0.3) is 5.91 Å². The molecule has 1 unspecified atom stereocenters. The van der Waals surface area contributed by atoms with Gasteiger partial charge in [0.15, 0.2) is 0 Å². The number of hydrogen-bond donors (Lipinski definition) is 1. The van der Waals surface area contributed by atoms with Crippen LogP contribution in [0.4, 0.5) is 0 Å². The van der Waals surface area contributed by atoms with E-state index in [0.29, 0.717) is 30.1 Å². The number of rotatable bonds is 2. The summed E-state index contributed by atoms with van der Waals surface area (Å²) in [6.45, 7) is 0.696. The molecule has 2 aliphatic rings. The molecular formula is C15H16ClN3O2. The molecule has 6 heteroatoms. The Morgan fingerprint density at radius 3 is 2.86 bits per heavy atom. The van der Waals surface area contributed by atoms with Gasteiger partial charge in [-0.1, -0.05) is 29.8 Å². The number of amides is 2. The highest BCUT2D eigenvalue weighted by Gasteiger charge is 2.34. The summed E-state index contributed by atoms with van der Waals surface area (Å²) in [7, 11) is 0. The fourth-order valence-corrected chi connectivity index (χ4v) is 3.13. The van der Waals surface area contributed by atoms with Crippen LogP contribution in [0.3, 0.4) is 0 Å². The second-order valence-electron chi connectivity index (χ2n) is 5.27. The van der Waals surface area contributed by atoms with E-state index in [1.807, 2.05) is 29.2 Å². The maximum atomic E-state index is 12.6. The molecule has 0 aliphatic carbocycles. The summed E-state index contributed by atoms with van der Waals surface area (Å²) in [6.07, 6.45) is 2.56. The first kappa shape index (κ1) is 14.1. The van der Waals surface area contributed by atoms with Gasteiger partial charge in [-0.25, -0.2) is 5.43 Å². The summed E-state index contributed by atoms with van der Waals surface area (Å²) < 4.78 is 0. The molecule has 0 radical (unpaired) electrons. The highest BCUT2D eigenvalue weighted by Crippen LogP contribution is 2.35. The third-order valence-corrected chi connectivity index (χ3v) is 4.27. The zero-order valence-corrected chi connectivity index (χ0v) is 12.3. The van der Waals surface area contributed by atoms with Crippen LogP contribution >= 0.6 is 11.6 Å². The standard InChI is InChI=1S/C15H16ClN3O2/c16-11-5-2-1-4-10(11)13-6-3-9-19(13)15(21)12-7-8-14(20)18-17-12/h1-2,4-5,13H,3,6-9H2,(H,18,20). The van der Waals surface area contributed by atoms with Crippen molar-refractivity contribution in [2.75, 3.05) is 6.54 Å². The fraction of sp³-hybridized carbons (Fsp3) is 0.400. The van der Waals surface area contributed by atoms with Gasteiger partial charge in [-0.05, 0) is 24.5 Å². The molecule has 21 heavy (non-hydrogen) atoms. The molecule has 110 valence electrons. The SMILES string of the molecule is O=C1CCC(C(=O)N2CCCC2c2ccccc2Cl)=NN1. The van der Waals surface area contributed by atoms with E-state index in [9.17, 15) is 9.59 Å². The van der Waals surface area contributed by atoms with E-state index in [0.717, 1.165) is 18.4 Å². The molecule has 3 rings (SSSR count). The first-order chi connectivity index (χ1) is 10.2. The van der Waals surface area contributed by atoms with Crippen molar-refractivity contribution in [3.8, 4) is 0 Å². The average Bonchev–Trinajstić information content (AvgIpc) is 2.97. The van der Waals surface area contributed by atoms with Crippen molar-refractivity contribution >= 4 is 29.1 Å². The Morgan fingerprint density at radius 2 is 2.14 bits per heavy atom. The Hall–Kier alpha value is -1.88. The molecule has 2 heterocycles. The third kappa shape index (κ3) is 2.78. The maximum absolute atomic E-state index is 12.6. The number of carbonyl (C=O) groups excluding carboxylic acids is 2. The molecule has 1 fully saturated rings. The van der Waals surface area contributed by atoms with Gasteiger partial charge in [-0.3, -0.25) is 9.59 Å². The molecule has 1 atom stereocenters. The second-order valence-corrected chi connectivity index (χ2v) is 5.68. The first-order valence-corrected chi connectivity index (χ1v) is 7.45. The van der Waals surface area contributed by atoms with Crippen molar-refractivity contribution in [1.29, 1.82) is 0 Å². The van der Waals surface area contributed by atoms with Crippen molar-refractivity contribution in [3.05, 3.63) is 34.9 Å². The van der Waals surface area contributed by atoms with Crippen molar-refractivity contribution in [1.82, 2.24) is 10.3 Å². The molecule has 5 nitrogen and oxygen atoms in total. The summed E-state index contributed by atoms with van der Waals surface area (Å²) in [5.74, 6) is -0.243. The highest BCUT2D eigenvalue weighted by atomic mass is 35.5. The van der Waals surface area contributed by atoms with Gasteiger partial charge in [0, 0.05) is 24.4 Å². The summed E-state index contributed by atoms with van der Waals surface area (Å²) in [4.78, 5) is 25.5. The van der Waals surface area contributed by atoms with Gasteiger partial charge in [0.05, 0.1) is 6.04 Å². The summed E-state index contributed by atoms with van der Waals surface area (Å²) in [5.41, 5.74) is 3.78. The number of hydrogen-bond acceptors (Lipinski definition) is 3. The van der Waals surface area contributed by atoms with Crippen LogP contribution in [0.2, 0.25) is 5.02 Å². The lowest BCUT2D eigenvalue weighted by Crippen LogP contribution is -2.39. The molecule has 1 N–H and O–H groups in total. The molecule has 2 amide bonds. The van der Waals surface area contributed by atoms with Crippen molar-refractivity contribution < 1.29 is 9.59 Å². The summed E-state index contributed by atoms with van der Waals surface area (Å²) >= 11 is 6.25. The number of nitrogens with zero attached hydrogens (tertiary/aromatic N) is 2. The van der Waals surface area contributed by atoms with Gasteiger partial charge in [0.1, 0.15) is 5.71 Å². The van der Waals surface area contributed by atoms with Crippen LogP contribution < -0.4 is 5.43 Å². The molecule has 1 saturated heterocycles. The molecule has 0 saturated carbocycles. The van der Waals surface area contributed by atoms with Gasteiger partial charge in [0.2, 0.25) is 5.91 Å². The van der Waals surface area contributed by atoms with Crippen LogP contribution in [0.15, 0.2) is 29.4 Å². The van der Waals surface area contributed by atoms with E-state index in [4.69, 9.17) is 11.6 Å². The van der Waals surface area contributed by atoms with E-state index >= 15 is 0 Å². The number of carbonyl (C=O) groups is 2. The predicted octanol–water partition coefficient (Wildman–Crippen LogP) is 2.27. The average molecular weight is 306 g/mol. The van der Waals surface area contributed by atoms with Crippen molar-refractivity contribution in [2.45, 2.75) is 31.7 Å². The minimum Gasteiger partial charge on any atom is -0.330 e. The predicted molar refractivity (Wildman–Crippen MR) is 80.0 cm³/mol. The van der Waals surface area contributed by atoms with Crippen LogP contribution in [0.25, 0.3) is 0 Å². The van der Waals surface area contributed by atoms with E-state index in [2.05, 4.69) is 10.5 Å². The van der Waals surface area contributed by atoms with E-state index < -0.39 is 0 Å². The Labute approximate surface area is 128 Å². The Kier molecular flexibility index (Phi) is 3.92. The van der Waals surface area contributed by atoms with Crippen LogP contribution in [0.1, 0.15) is 37.3 Å². The quantitative estimate of drug-likeness (QED) is 0.911. The molecule has 1 aromatic rings. The zero-order chi connectivity index (χ0) is 14.8. The number of halogens is 1. The largest absolute Gasteiger partial charge is 0.330 e. The summed E-state index contributed by atoms with van der Waals surface area (Å²) in [5, 5.41) is 4.58. The number of nitrogens with one attached hydrogen (secondary N) is 1. The normalized spacial score (nSPS) is 22.0. The lowest BCUT2D eigenvalue weighted by atomic mass is 10.0. The number of benzene rings is 1. The minimum atomic E-state index is -0.143.